The van der Waals surface area contributed by atoms with E-state index in [1.807, 2.05) is 13.8 Å². The van der Waals surface area contributed by atoms with Crippen molar-refractivity contribution in [1.82, 2.24) is 9.55 Å². The first kappa shape index (κ1) is 24.0. The number of benzene rings is 1. The zero-order valence-electron chi connectivity index (χ0n) is 18.7. The smallest absolute Gasteiger partial charge is 0.330 e. The van der Waals surface area contributed by atoms with Gasteiger partial charge in [-0.2, -0.15) is 0 Å². The third kappa shape index (κ3) is 5.68. The minimum atomic E-state index is -0.660. The number of ether oxygens (including phenoxy) is 2. The molecule has 0 bridgehead atoms. The molecule has 0 saturated carbocycles. The van der Waals surface area contributed by atoms with Crippen molar-refractivity contribution in [2.75, 3.05) is 31.4 Å². The molecule has 31 heavy (non-hydrogen) atoms. The van der Waals surface area contributed by atoms with Gasteiger partial charge >= 0.3 is 5.69 Å². The highest BCUT2D eigenvalue weighted by Crippen LogP contribution is 2.28. The molecular weight excluding hydrogens is 400 g/mol. The Labute approximate surface area is 181 Å². The van der Waals surface area contributed by atoms with Crippen LogP contribution in [0.3, 0.4) is 0 Å². The molecule has 1 heterocycles. The number of carbonyl (C=O) groups is 1. The number of aromatic nitrogens is 2. The molecule has 0 fully saturated rings. The van der Waals surface area contributed by atoms with Crippen LogP contribution >= 0.6 is 0 Å². The number of hydrogen-bond donors (Lipinski definition) is 2. The summed E-state index contributed by atoms with van der Waals surface area (Å²) in [5, 5.41) is 0. The van der Waals surface area contributed by atoms with E-state index in [1.54, 1.807) is 18.2 Å². The molecule has 0 aliphatic heterocycles. The topological polar surface area (TPSA) is 120 Å². The summed E-state index contributed by atoms with van der Waals surface area (Å²) in [7, 11) is 3.06. The highest BCUT2D eigenvalue weighted by molar-refractivity contribution is 5.96. The minimum Gasteiger partial charge on any atom is -0.493 e. The second-order valence-corrected chi connectivity index (χ2v) is 7.26. The first-order valence-electron chi connectivity index (χ1n) is 10.5. The van der Waals surface area contributed by atoms with Crippen LogP contribution in [0.5, 0.6) is 11.5 Å². The Morgan fingerprint density at radius 3 is 2.39 bits per heavy atom. The average Bonchev–Trinajstić information content (AvgIpc) is 2.75. The lowest BCUT2D eigenvalue weighted by Crippen LogP contribution is -2.42. The number of anilines is 2. The van der Waals surface area contributed by atoms with Gasteiger partial charge < -0.3 is 20.1 Å². The highest BCUT2D eigenvalue weighted by Gasteiger charge is 2.24. The fraction of sp³-hybridized carbons (Fsp3) is 0.500. The van der Waals surface area contributed by atoms with Crippen LogP contribution in [0.4, 0.5) is 11.5 Å². The molecule has 0 radical (unpaired) electrons. The van der Waals surface area contributed by atoms with Gasteiger partial charge in [-0.05, 0) is 30.5 Å². The molecule has 9 heteroatoms. The number of methoxy groups -OCH3 is 2. The number of unbranched alkanes of at least 4 members (excludes halogenated alkanes) is 2. The standard InChI is InChI=1S/C22H32N4O5/c1-5-7-11-25(18(27)14-15-9-10-16(30-3)17(13-15)31-4)19-20(23)26(12-8-6-2)22(29)24-21(19)28/h9-10,13H,5-8,11-12,14,23H2,1-4H3,(H,24,28,29). The highest BCUT2D eigenvalue weighted by atomic mass is 16.5. The fourth-order valence-electron chi connectivity index (χ4n) is 3.31. The number of carbonyl (C=O) groups excluding carboxylic acids is 1. The molecule has 1 aromatic carbocycles. The van der Waals surface area contributed by atoms with E-state index in [1.165, 1.54) is 23.7 Å². The lowest BCUT2D eigenvalue weighted by Gasteiger charge is -2.24. The Morgan fingerprint density at radius 1 is 1.10 bits per heavy atom. The Kier molecular flexibility index (Phi) is 8.72. The van der Waals surface area contributed by atoms with Gasteiger partial charge in [-0.1, -0.05) is 32.8 Å². The zero-order chi connectivity index (χ0) is 23.0. The van der Waals surface area contributed by atoms with Gasteiger partial charge in [0, 0.05) is 13.1 Å². The van der Waals surface area contributed by atoms with Gasteiger partial charge in [0.2, 0.25) is 5.91 Å². The average molecular weight is 433 g/mol. The number of amides is 1. The fourth-order valence-corrected chi connectivity index (χ4v) is 3.31. The summed E-state index contributed by atoms with van der Waals surface area (Å²) < 4.78 is 11.9. The molecular formula is C22H32N4O5. The minimum absolute atomic E-state index is 0.0129. The van der Waals surface area contributed by atoms with Gasteiger partial charge in [-0.15, -0.1) is 0 Å². The van der Waals surface area contributed by atoms with E-state index >= 15 is 0 Å². The predicted octanol–water partition coefficient (Wildman–Crippen LogP) is 2.31. The van der Waals surface area contributed by atoms with E-state index < -0.39 is 11.2 Å². The van der Waals surface area contributed by atoms with Crippen LogP contribution < -0.4 is 31.4 Å². The molecule has 3 N–H and O–H groups in total. The second-order valence-electron chi connectivity index (χ2n) is 7.26. The molecule has 1 amide bonds. The number of rotatable bonds is 11. The van der Waals surface area contributed by atoms with E-state index in [2.05, 4.69) is 4.98 Å². The SMILES string of the molecule is CCCCN(C(=O)Cc1ccc(OC)c(OC)c1)c1c(N)n(CCCC)c(=O)[nH]c1=O. The van der Waals surface area contributed by atoms with Crippen LogP contribution in [0.15, 0.2) is 27.8 Å². The van der Waals surface area contributed by atoms with E-state index in [0.717, 1.165) is 19.3 Å². The van der Waals surface area contributed by atoms with Gasteiger partial charge in [-0.3, -0.25) is 19.1 Å². The van der Waals surface area contributed by atoms with Gasteiger partial charge in [0.1, 0.15) is 5.82 Å². The number of H-pyrrole nitrogens is 1. The molecule has 0 saturated heterocycles. The molecule has 0 aliphatic carbocycles. The first-order valence-corrected chi connectivity index (χ1v) is 10.5. The number of aromatic amines is 1. The van der Waals surface area contributed by atoms with Crippen molar-refractivity contribution in [3.8, 4) is 11.5 Å². The molecule has 2 rings (SSSR count). The first-order chi connectivity index (χ1) is 14.9. The van der Waals surface area contributed by atoms with Crippen molar-refractivity contribution in [3.05, 3.63) is 44.6 Å². The van der Waals surface area contributed by atoms with Crippen LogP contribution in [-0.2, 0) is 17.8 Å². The maximum atomic E-state index is 13.2. The predicted molar refractivity (Wildman–Crippen MR) is 121 cm³/mol. The summed E-state index contributed by atoms with van der Waals surface area (Å²) in [5.74, 6) is 0.793. The van der Waals surface area contributed by atoms with Crippen molar-refractivity contribution in [3.63, 3.8) is 0 Å². The number of nitrogens with zero attached hydrogens (tertiary/aromatic N) is 2. The molecule has 0 spiro atoms. The normalized spacial score (nSPS) is 10.7. The van der Waals surface area contributed by atoms with Crippen molar-refractivity contribution in [2.45, 2.75) is 52.5 Å². The van der Waals surface area contributed by atoms with Crippen LogP contribution in [-0.4, -0.2) is 36.2 Å². The number of hydrogen-bond acceptors (Lipinski definition) is 6. The summed E-state index contributed by atoms with van der Waals surface area (Å²) >= 11 is 0. The Bertz CT molecular complexity index is 1010. The second kappa shape index (κ2) is 11.2. The van der Waals surface area contributed by atoms with Gasteiger partial charge in [0.25, 0.3) is 5.56 Å². The van der Waals surface area contributed by atoms with Gasteiger partial charge in [-0.25, -0.2) is 4.79 Å². The summed E-state index contributed by atoms with van der Waals surface area (Å²) in [6.45, 7) is 4.68. The molecule has 2 aromatic rings. The molecule has 9 nitrogen and oxygen atoms in total. The Hall–Kier alpha value is -3.23. The summed E-state index contributed by atoms with van der Waals surface area (Å²) in [6, 6.07) is 5.22. The monoisotopic (exact) mass is 432 g/mol. The van der Waals surface area contributed by atoms with Crippen LogP contribution in [0, 0.1) is 0 Å². The molecule has 0 aliphatic rings. The van der Waals surface area contributed by atoms with E-state index in [-0.39, 0.29) is 23.8 Å². The number of nitrogens with one attached hydrogen (secondary N) is 1. The molecule has 0 atom stereocenters. The lowest BCUT2D eigenvalue weighted by molar-refractivity contribution is -0.118. The van der Waals surface area contributed by atoms with Crippen LogP contribution in [0.1, 0.15) is 45.1 Å². The molecule has 0 unspecified atom stereocenters. The van der Waals surface area contributed by atoms with Crippen molar-refractivity contribution >= 4 is 17.4 Å². The van der Waals surface area contributed by atoms with Crippen molar-refractivity contribution in [2.24, 2.45) is 0 Å². The van der Waals surface area contributed by atoms with E-state index in [0.29, 0.717) is 36.6 Å². The van der Waals surface area contributed by atoms with Gasteiger partial charge in [0.05, 0.1) is 20.6 Å². The maximum absolute atomic E-state index is 13.2. The van der Waals surface area contributed by atoms with E-state index in [9.17, 15) is 14.4 Å². The third-order valence-corrected chi connectivity index (χ3v) is 5.06. The summed E-state index contributed by atoms with van der Waals surface area (Å²) in [5.41, 5.74) is 5.73. The quantitative estimate of drug-likeness (QED) is 0.562. The number of nitrogen functional groups attached to an aromatic ring is 1. The Balaban J connectivity index is 2.45. The maximum Gasteiger partial charge on any atom is 0.330 e. The van der Waals surface area contributed by atoms with Crippen LogP contribution in [0.2, 0.25) is 0 Å². The van der Waals surface area contributed by atoms with E-state index in [4.69, 9.17) is 15.2 Å². The van der Waals surface area contributed by atoms with Crippen LogP contribution in [0.25, 0.3) is 0 Å². The molecule has 170 valence electrons. The molecule has 1 aromatic heterocycles. The Morgan fingerprint density at radius 2 is 1.77 bits per heavy atom. The zero-order valence-corrected chi connectivity index (χ0v) is 18.7. The largest absolute Gasteiger partial charge is 0.493 e. The summed E-state index contributed by atoms with van der Waals surface area (Å²) in [4.78, 5) is 41.8. The lowest BCUT2D eigenvalue weighted by atomic mass is 10.1. The third-order valence-electron chi connectivity index (χ3n) is 5.06. The van der Waals surface area contributed by atoms with Gasteiger partial charge in [0.15, 0.2) is 17.2 Å². The summed E-state index contributed by atoms with van der Waals surface area (Å²) in [6.07, 6.45) is 3.14. The number of nitrogens with two attached hydrogens (primary N) is 1. The van der Waals surface area contributed by atoms with Crippen molar-refractivity contribution in [1.29, 1.82) is 0 Å². The van der Waals surface area contributed by atoms with Crippen molar-refractivity contribution < 1.29 is 14.3 Å².